The molecule has 0 saturated carbocycles. The molecule has 1 aromatic carbocycles. The van der Waals surface area contributed by atoms with Gasteiger partial charge in [-0.25, -0.2) is 21.5 Å². The summed E-state index contributed by atoms with van der Waals surface area (Å²) < 4.78 is 53.2. The van der Waals surface area contributed by atoms with E-state index in [0.29, 0.717) is 6.07 Å². The van der Waals surface area contributed by atoms with Crippen LogP contribution in [0.5, 0.6) is 0 Å². The van der Waals surface area contributed by atoms with E-state index in [2.05, 4.69) is 11.8 Å². The first kappa shape index (κ1) is 17.6. The first-order valence-corrected chi connectivity index (χ1v) is 7.78. The lowest BCUT2D eigenvalue weighted by Crippen LogP contribution is -2.31. The molecule has 0 aliphatic heterocycles. The molecule has 0 bridgehead atoms. The smallest absolute Gasteiger partial charge is 0.246 e. The van der Waals surface area contributed by atoms with Crippen molar-refractivity contribution in [3.63, 3.8) is 0 Å². The highest BCUT2D eigenvalue weighted by molar-refractivity contribution is 7.89. The van der Waals surface area contributed by atoms with Crippen LogP contribution in [-0.4, -0.2) is 32.9 Å². The molecule has 2 N–H and O–H groups in total. The lowest BCUT2D eigenvalue weighted by molar-refractivity contribution is 0.413. The van der Waals surface area contributed by atoms with Crippen LogP contribution in [0.25, 0.3) is 0 Å². The Labute approximate surface area is 124 Å². The number of nitrogens with two attached hydrogens (primary N) is 1. The zero-order valence-corrected chi connectivity index (χ0v) is 13.0. The average molecular weight is 316 g/mol. The second kappa shape index (κ2) is 6.98. The minimum Gasteiger partial charge on any atom is -0.320 e. The second-order valence-electron chi connectivity index (χ2n) is 4.95. The molecule has 0 spiro atoms. The average Bonchev–Trinajstić information content (AvgIpc) is 2.34. The molecule has 0 aliphatic rings. The first-order chi connectivity index (χ1) is 9.70. The number of hydrogen-bond donors (Lipinski definition) is 1. The molecule has 1 rings (SSSR count). The van der Waals surface area contributed by atoms with Crippen molar-refractivity contribution in [3.8, 4) is 11.8 Å². The lowest BCUT2D eigenvalue weighted by atomic mass is 10.2. The molecule has 7 heteroatoms. The number of benzene rings is 1. The zero-order valence-electron chi connectivity index (χ0n) is 12.2. The fourth-order valence-corrected chi connectivity index (χ4v) is 3.33. The van der Waals surface area contributed by atoms with Gasteiger partial charge in [-0.1, -0.05) is 25.7 Å². The number of hydrogen-bond acceptors (Lipinski definition) is 3. The van der Waals surface area contributed by atoms with Crippen LogP contribution in [-0.2, 0) is 10.0 Å². The Morgan fingerprint density at radius 1 is 1.33 bits per heavy atom. The third-order valence-corrected chi connectivity index (χ3v) is 4.52. The van der Waals surface area contributed by atoms with Gasteiger partial charge in [-0.2, -0.15) is 0 Å². The topological polar surface area (TPSA) is 63.4 Å². The molecule has 0 unspecified atom stereocenters. The lowest BCUT2D eigenvalue weighted by Gasteiger charge is -2.20. The highest BCUT2D eigenvalue weighted by Gasteiger charge is 2.28. The summed E-state index contributed by atoms with van der Waals surface area (Å²) in [5.74, 6) is 2.83. The van der Waals surface area contributed by atoms with Crippen LogP contribution in [0.2, 0.25) is 0 Å². The molecule has 0 amide bonds. The first-order valence-electron chi connectivity index (χ1n) is 6.34. The largest absolute Gasteiger partial charge is 0.320 e. The molecule has 4 nitrogen and oxygen atoms in total. The quantitative estimate of drug-likeness (QED) is 0.857. The van der Waals surface area contributed by atoms with E-state index in [1.807, 2.05) is 13.8 Å². The maximum atomic E-state index is 14.0. The van der Waals surface area contributed by atoms with E-state index in [-0.39, 0.29) is 24.6 Å². The van der Waals surface area contributed by atoms with Gasteiger partial charge >= 0.3 is 0 Å². The van der Waals surface area contributed by atoms with Gasteiger partial charge in [-0.15, -0.1) is 0 Å². The second-order valence-corrected chi connectivity index (χ2v) is 6.93. The third kappa shape index (κ3) is 4.24. The molecule has 0 radical (unpaired) electrons. The minimum absolute atomic E-state index is 0.0422. The molecule has 0 fully saturated rings. The molecule has 116 valence electrons. The van der Waals surface area contributed by atoms with Crippen LogP contribution in [0.15, 0.2) is 17.0 Å². The minimum atomic E-state index is -4.09. The van der Waals surface area contributed by atoms with Gasteiger partial charge in [0.05, 0.1) is 12.1 Å². The number of halogens is 2. The SMILES string of the molecule is CC(C)CN(C)S(=O)(=O)c1c(F)cc(F)cc1C#CCN. The van der Waals surface area contributed by atoms with Crippen molar-refractivity contribution in [2.24, 2.45) is 11.7 Å². The maximum Gasteiger partial charge on any atom is 0.246 e. The molecular weight excluding hydrogens is 298 g/mol. The van der Waals surface area contributed by atoms with Crippen LogP contribution in [0.3, 0.4) is 0 Å². The van der Waals surface area contributed by atoms with E-state index in [1.165, 1.54) is 7.05 Å². The Balaban J connectivity index is 3.47. The Morgan fingerprint density at radius 2 is 1.95 bits per heavy atom. The predicted octanol–water partition coefficient (Wildman–Crippen LogP) is 1.55. The standard InChI is InChI=1S/C14H18F2N2O2S/c1-10(2)9-18(3)21(19,20)14-11(5-4-6-17)7-12(15)8-13(14)16/h7-8,10H,6,9,17H2,1-3H3. The highest BCUT2D eigenvalue weighted by Crippen LogP contribution is 2.24. The van der Waals surface area contributed by atoms with Crippen molar-refractivity contribution in [1.82, 2.24) is 4.31 Å². The molecule has 1 aromatic rings. The van der Waals surface area contributed by atoms with Crippen molar-refractivity contribution < 1.29 is 17.2 Å². The Hall–Kier alpha value is -1.49. The van der Waals surface area contributed by atoms with E-state index in [9.17, 15) is 17.2 Å². The number of sulfonamides is 1. The summed E-state index contributed by atoms with van der Waals surface area (Å²) >= 11 is 0. The normalized spacial score (nSPS) is 11.6. The monoisotopic (exact) mass is 316 g/mol. The molecule has 0 aliphatic carbocycles. The summed E-state index contributed by atoms with van der Waals surface area (Å²) in [6.07, 6.45) is 0. The third-order valence-electron chi connectivity index (χ3n) is 2.62. The van der Waals surface area contributed by atoms with Gasteiger partial charge in [-0.05, 0) is 12.0 Å². The summed E-state index contributed by atoms with van der Waals surface area (Å²) in [5, 5.41) is 0. The van der Waals surface area contributed by atoms with E-state index in [0.717, 1.165) is 10.4 Å². The Morgan fingerprint density at radius 3 is 2.48 bits per heavy atom. The summed E-state index contributed by atoms with van der Waals surface area (Å²) in [4.78, 5) is -0.618. The van der Waals surface area contributed by atoms with E-state index in [4.69, 9.17) is 5.73 Å². The van der Waals surface area contributed by atoms with Crippen LogP contribution < -0.4 is 5.73 Å². The van der Waals surface area contributed by atoms with Crippen LogP contribution >= 0.6 is 0 Å². The van der Waals surface area contributed by atoms with Crippen molar-refractivity contribution in [2.75, 3.05) is 20.1 Å². The van der Waals surface area contributed by atoms with E-state index in [1.54, 1.807) is 0 Å². The number of nitrogens with zero attached hydrogens (tertiary/aromatic N) is 1. The van der Waals surface area contributed by atoms with Crippen LogP contribution in [0.1, 0.15) is 19.4 Å². The zero-order chi connectivity index (χ0) is 16.2. The Bertz CT molecular complexity index is 676. The van der Waals surface area contributed by atoms with Gasteiger partial charge in [-0.3, -0.25) is 0 Å². The fraction of sp³-hybridized carbons (Fsp3) is 0.429. The van der Waals surface area contributed by atoms with Crippen molar-refractivity contribution in [2.45, 2.75) is 18.7 Å². The summed E-state index contributed by atoms with van der Waals surface area (Å²) in [6, 6.07) is 1.42. The highest BCUT2D eigenvalue weighted by atomic mass is 32.2. The van der Waals surface area contributed by atoms with Crippen molar-refractivity contribution in [1.29, 1.82) is 0 Å². The molecule has 0 aromatic heterocycles. The molecule has 0 heterocycles. The summed E-state index contributed by atoms with van der Waals surface area (Å²) in [6.45, 7) is 3.84. The van der Waals surface area contributed by atoms with Gasteiger partial charge < -0.3 is 5.73 Å². The van der Waals surface area contributed by atoms with E-state index < -0.39 is 26.6 Å². The predicted molar refractivity (Wildman–Crippen MR) is 76.9 cm³/mol. The number of rotatable bonds is 4. The van der Waals surface area contributed by atoms with Crippen molar-refractivity contribution >= 4 is 10.0 Å². The van der Waals surface area contributed by atoms with Gasteiger partial charge in [0.15, 0.2) is 0 Å². The van der Waals surface area contributed by atoms with E-state index >= 15 is 0 Å². The summed E-state index contributed by atoms with van der Waals surface area (Å²) in [5.41, 5.74) is 4.99. The van der Waals surface area contributed by atoms with Gasteiger partial charge in [0.2, 0.25) is 10.0 Å². The van der Waals surface area contributed by atoms with Crippen LogP contribution in [0.4, 0.5) is 8.78 Å². The van der Waals surface area contributed by atoms with Gasteiger partial charge in [0.25, 0.3) is 0 Å². The fourth-order valence-electron chi connectivity index (χ4n) is 1.83. The molecular formula is C14H18F2N2O2S. The molecule has 0 saturated heterocycles. The molecule has 0 atom stereocenters. The summed E-state index contributed by atoms with van der Waals surface area (Å²) in [7, 11) is -2.75. The van der Waals surface area contributed by atoms with Gasteiger partial charge in [0.1, 0.15) is 16.5 Å². The van der Waals surface area contributed by atoms with Crippen molar-refractivity contribution in [3.05, 3.63) is 29.3 Å². The van der Waals surface area contributed by atoms with Crippen LogP contribution in [0, 0.1) is 29.4 Å². The Kier molecular flexibility index (Phi) is 5.84. The maximum absolute atomic E-state index is 14.0. The van der Waals surface area contributed by atoms with Gasteiger partial charge in [0, 0.05) is 19.7 Å². The molecule has 21 heavy (non-hydrogen) atoms.